The van der Waals surface area contributed by atoms with E-state index in [0.717, 1.165) is 0 Å². The summed E-state index contributed by atoms with van der Waals surface area (Å²) in [6.45, 7) is 2.05. The van der Waals surface area contributed by atoms with Crippen LogP contribution in [0.5, 0.6) is 0 Å². The zero-order valence-corrected chi connectivity index (χ0v) is 12.6. The molecule has 4 atom stereocenters. The number of fused-ring (bicyclic) bond motifs is 1. The van der Waals surface area contributed by atoms with Crippen molar-refractivity contribution in [2.24, 2.45) is 0 Å². The van der Waals surface area contributed by atoms with Crippen molar-refractivity contribution in [3.8, 4) is 0 Å². The quantitative estimate of drug-likeness (QED) is 0.538. The van der Waals surface area contributed by atoms with Crippen LogP contribution in [0, 0.1) is 4.64 Å². The highest BCUT2D eigenvalue weighted by molar-refractivity contribution is 7.71. The summed E-state index contributed by atoms with van der Waals surface area (Å²) in [4.78, 5) is 8.47. The molecule has 3 heterocycles. The maximum Gasteiger partial charge on any atom is 0.203 e. The van der Waals surface area contributed by atoms with E-state index in [1.54, 1.807) is 4.57 Å². The molecule has 0 bridgehead atoms. The van der Waals surface area contributed by atoms with Crippen LogP contribution in [0.3, 0.4) is 0 Å². The number of hydrogen-bond donors (Lipinski definition) is 4. The number of aliphatic hydroxyl groups is 3. The van der Waals surface area contributed by atoms with Crippen LogP contribution in [0.25, 0.3) is 11.2 Å². The standard InChI is InChI=1S/C12H17N5O4S/c1-2-16-11(22)6-9(15-12(16)13)17(4-14-6)10-8(20)7(19)5(3-18)21-10/h4-5,7-8,10,18-20H,2-3H2,1H3,(H2,13,15)/t5-,7?,8?,10-/m1/s1. The van der Waals surface area contributed by atoms with Crippen molar-refractivity contribution in [1.29, 1.82) is 0 Å². The van der Waals surface area contributed by atoms with Gasteiger partial charge in [0.15, 0.2) is 11.9 Å². The van der Waals surface area contributed by atoms with E-state index in [1.165, 1.54) is 10.9 Å². The zero-order chi connectivity index (χ0) is 16.0. The van der Waals surface area contributed by atoms with Crippen molar-refractivity contribution < 1.29 is 20.1 Å². The van der Waals surface area contributed by atoms with E-state index in [9.17, 15) is 10.2 Å². The van der Waals surface area contributed by atoms with Gasteiger partial charge in [0, 0.05) is 6.54 Å². The van der Waals surface area contributed by atoms with Crippen LogP contribution in [0.2, 0.25) is 0 Å². The Labute approximate surface area is 130 Å². The minimum atomic E-state index is -1.22. The first-order chi connectivity index (χ1) is 10.5. The average molecular weight is 327 g/mol. The molecule has 0 spiro atoms. The van der Waals surface area contributed by atoms with Gasteiger partial charge in [-0.25, -0.2) is 4.98 Å². The fraction of sp³-hybridized carbons (Fsp3) is 0.583. The number of aromatic nitrogens is 4. The summed E-state index contributed by atoms with van der Waals surface area (Å²) in [6.07, 6.45) is -2.78. The third-order valence-corrected chi connectivity index (χ3v) is 4.23. The Morgan fingerprint density at radius 2 is 2.14 bits per heavy atom. The van der Waals surface area contributed by atoms with Crippen LogP contribution < -0.4 is 5.73 Å². The van der Waals surface area contributed by atoms with Gasteiger partial charge in [-0.05, 0) is 6.92 Å². The van der Waals surface area contributed by atoms with Gasteiger partial charge in [-0.1, -0.05) is 12.2 Å². The highest BCUT2D eigenvalue weighted by Gasteiger charge is 2.44. The molecular weight excluding hydrogens is 310 g/mol. The smallest absolute Gasteiger partial charge is 0.203 e. The number of nitrogen functional groups attached to an aromatic ring is 1. The van der Waals surface area contributed by atoms with Crippen molar-refractivity contribution in [3.63, 3.8) is 0 Å². The molecule has 1 saturated heterocycles. The fourth-order valence-electron chi connectivity index (χ4n) is 2.62. The van der Waals surface area contributed by atoms with E-state index in [2.05, 4.69) is 9.97 Å². The lowest BCUT2D eigenvalue weighted by Crippen LogP contribution is -2.33. The number of aliphatic hydroxyl groups excluding tert-OH is 3. The van der Waals surface area contributed by atoms with E-state index in [1.807, 2.05) is 6.92 Å². The Morgan fingerprint density at radius 3 is 2.73 bits per heavy atom. The molecule has 22 heavy (non-hydrogen) atoms. The van der Waals surface area contributed by atoms with Gasteiger partial charge in [-0.3, -0.25) is 4.57 Å². The van der Waals surface area contributed by atoms with Gasteiger partial charge in [0.2, 0.25) is 5.95 Å². The van der Waals surface area contributed by atoms with Crippen LogP contribution in [0.15, 0.2) is 6.33 Å². The normalized spacial score (nSPS) is 28.5. The molecule has 0 aromatic carbocycles. The molecule has 10 heteroatoms. The molecule has 0 radical (unpaired) electrons. The number of rotatable bonds is 3. The number of hydrogen-bond acceptors (Lipinski definition) is 8. The average Bonchev–Trinajstić information content (AvgIpc) is 3.02. The first kappa shape index (κ1) is 15.3. The summed E-state index contributed by atoms with van der Waals surface area (Å²) in [5.74, 6) is 0.230. The second-order valence-corrected chi connectivity index (χ2v) is 5.46. The van der Waals surface area contributed by atoms with Gasteiger partial charge < -0.3 is 30.4 Å². The Morgan fingerprint density at radius 1 is 1.41 bits per heavy atom. The second-order valence-electron chi connectivity index (χ2n) is 5.07. The highest BCUT2D eigenvalue weighted by atomic mass is 32.1. The number of ether oxygens (including phenoxy) is 1. The lowest BCUT2D eigenvalue weighted by Gasteiger charge is -2.17. The van der Waals surface area contributed by atoms with Gasteiger partial charge in [0.05, 0.1) is 12.9 Å². The summed E-state index contributed by atoms with van der Waals surface area (Å²) in [5.41, 5.74) is 6.72. The Hall–Kier alpha value is -1.59. The fourth-order valence-corrected chi connectivity index (χ4v) is 2.99. The minimum Gasteiger partial charge on any atom is -0.394 e. The van der Waals surface area contributed by atoms with Crippen molar-refractivity contribution >= 4 is 29.3 Å². The number of nitrogens with two attached hydrogens (primary N) is 1. The molecule has 3 rings (SSSR count). The van der Waals surface area contributed by atoms with Crippen molar-refractivity contribution in [2.75, 3.05) is 12.3 Å². The van der Waals surface area contributed by atoms with Gasteiger partial charge >= 0.3 is 0 Å². The molecule has 120 valence electrons. The van der Waals surface area contributed by atoms with Gasteiger partial charge in [-0.2, -0.15) is 4.98 Å². The van der Waals surface area contributed by atoms with E-state index < -0.39 is 31.1 Å². The molecule has 1 aliphatic rings. The number of imidazole rings is 1. The number of anilines is 1. The summed E-state index contributed by atoms with van der Waals surface area (Å²) in [6, 6.07) is 0. The maximum absolute atomic E-state index is 10.1. The monoisotopic (exact) mass is 327 g/mol. The maximum atomic E-state index is 10.1. The molecule has 5 N–H and O–H groups in total. The van der Waals surface area contributed by atoms with E-state index in [4.69, 9.17) is 27.8 Å². The third kappa shape index (κ3) is 2.11. The molecule has 2 unspecified atom stereocenters. The van der Waals surface area contributed by atoms with Crippen molar-refractivity contribution in [1.82, 2.24) is 19.1 Å². The molecule has 9 nitrogen and oxygen atoms in total. The van der Waals surface area contributed by atoms with Crippen LogP contribution in [-0.2, 0) is 11.3 Å². The molecule has 0 saturated carbocycles. The first-order valence-electron chi connectivity index (χ1n) is 6.84. The summed E-state index contributed by atoms with van der Waals surface area (Å²) >= 11 is 5.34. The zero-order valence-electron chi connectivity index (χ0n) is 11.8. The topological polar surface area (TPSA) is 132 Å². The Kier molecular flexibility index (Phi) is 3.87. The Balaban J connectivity index is 2.12. The summed E-state index contributed by atoms with van der Waals surface area (Å²) < 4.78 is 9.02. The van der Waals surface area contributed by atoms with Crippen LogP contribution in [0.1, 0.15) is 13.2 Å². The Bertz CT molecular complexity index is 760. The van der Waals surface area contributed by atoms with Crippen LogP contribution in [0.4, 0.5) is 5.95 Å². The first-order valence-corrected chi connectivity index (χ1v) is 7.25. The highest BCUT2D eigenvalue weighted by Crippen LogP contribution is 2.31. The van der Waals surface area contributed by atoms with Gasteiger partial charge in [-0.15, -0.1) is 0 Å². The molecule has 0 amide bonds. The van der Waals surface area contributed by atoms with Gasteiger partial charge in [0.25, 0.3) is 0 Å². The molecule has 1 aliphatic heterocycles. The van der Waals surface area contributed by atoms with Crippen molar-refractivity contribution in [2.45, 2.75) is 38.0 Å². The number of nitrogens with zero attached hydrogens (tertiary/aromatic N) is 4. The largest absolute Gasteiger partial charge is 0.394 e. The van der Waals surface area contributed by atoms with E-state index >= 15 is 0 Å². The SMILES string of the molecule is CCn1c(N)nc2c(ncn2[C@@H]2O[C@H](CO)C(O)C2O)c1=S. The molecule has 2 aromatic heterocycles. The predicted octanol–water partition coefficient (Wildman–Crippen LogP) is -0.824. The van der Waals surface area contributed by atoms with Crippen LogP contribution in [-0.4, -0.2) is 59.3 Å². The van der Waals surface area contributed by atoms with E-state index in [-0.39, 0.29) is 5.95 Å². The summed E-state index contributed by atoms with van der Waals surface area (Å²) in [5, 5.41) is 29.1. The predicted molar refractivity (Wildman–Crippen MR) is 79.4 cm³/mol. The second kappa shape index (κ2) is 5.56. The van der Waals surface area contributed by atoms with E-state index in [0.29, 0.717) is 22.3 Å². The lowest BCUT2D eigenvalue weighted by atomic mass is 10.1. The molecule has 1 fully saturated rings. The third-order valence-electron chi connectivity index (χ3n) is 3.82. The van der Waals surface area contributed by atoms with Gasteiger partial charge in [0.1, 0.15) is 28.5 Å². The van der Waals surface area contributed by atoms with Crippen molar-refractivity contribution in [3.05, 3.63) is 11.0 Å². The minimum absolute atomic E-state index is 0.230. The summed E-state index contributed by atoms with van der Waals surface area (Å²) in [7, 11) is 0. The molecule has 0 aliphatic carbocycles. The molecular formula is C12H17N5O4S. The molecule has 2 aromatic rings. The lowest BCUT2D eigenvalue weighted by molar-refractivity contribution is -0.0511. The van der Waals surface area contributed by atoms with Crippen LogP contribution >= 0.6 is 12.2 Å².